The zero-order valence-corrected chi connectivity index (χ0v) is 14.8. The fraction of sp³-hybridized carbons (Fsp3) is 0.526. The summed E-state index contributed by atoms with van der Waals surface area (Å²) in [5, 5.41) is 15.3. The van der Waals surface area contributed by atoms with Crippen molar-refractivity contribution in [3.63, 3.8) is 0 Å². The molecule has 1 aromatic rings. The van der Waals surface area contributed by atoms with E-state index in [-0.39, 0.29) is 18.4 Å². The number of amides is 2. The number of carbonyl (C=O) groups excluding carboxylic acids is 2. The van der Waals surface area contributed by atoms with Gasteiger partial charge in [-0.3, -0.25) is 9.59 Å². The maximum Gasteiger partial charge on any atom is 0.256 e. The minimum Gasteiger partial charge on any atom is -0.378 e. The number of carbonyl (C=O) groups is 2. The predicted molar refractivity (Wildman–Crippen MR) is 96.6 cm³/mol. The van der Waals surface area contributed by atoms with Crippen LogP contribution in [0, 0.1) is 11.3 Å². The average molecular weight is 356 g/mol. The number of nitriles is 1. The zero-order valence-electron chi connectivity index (χ0n) is 14.8. The molecule has 1 aliphatic carbocycles. The van der Waals surface area contributed by atoms with E-state index in [1.165, 1.54) is 0 Å². The molecule has 0 aromatic heterocycles. The molecular weight excluding hydrogens is 332 g/mol. The van der Waals surface area contributed by atoms with Gasteiger partial charge < -0.3 is 20.3 Å². The van der Waals surface area contributed by atoms with Crippen LogP contribution >= 0.6 is 0 Å². The van der Waals surface area contributed by atoms with Crippen LogP contribution in [0.3, 0.4) is 0 Å². The third kappa shape index (κ3) is 4.14. The smallest absolute Gasteiger partial charge is 0.256 e. The van der Waals surface area contributed by atoms with Gasteiger partial charge in [-0.05, 0) is 37.8 Å². The maximum absolute atomic E-state index is 12.7. The van der Waals surface area contributed by atoms with Crippen LogP contribution in [0.5, 0.6) is 0 Å². The lowest BCUT2D eigenvalue weighted by Gasteiger charge is -2.27. The molecular formula is C19H24N4O3. The maximum atomic E-state index is 12.7. The van der Waals surface area contributed by atoms with Gasteiger partial charge in [0.05, 0.1) is 31.4 Å². The van der Waals surface area contributed by atoms with E-state index in [2.05, 4.69) is 16.7 Å². The highest BCUT2D eigenvalue weighted by Gasteiger charge is 2.35. The lowest BCUT2D eigenvalue weighted by molar-refractivity contribution is -0.120. The molecule has 0 unspecified atom stereocenters. The Hall–Kier alpha value is -2.59. The number of hydrogen-bond donors (Lipinski definition) is 2. The first kappa shape index (κ1) is 18.2. The summed E-state index contributed by atoms with van der Waals surface area (Å²) >= 11 is 0. The lowest BCUT2D eigenvalue weighted by Crippen LogP contribution is -2.47. The van der Waals surface area contributed by atoms with E-state index in [4.69, 9.17) is 4.74 Å². The summed E-state index contributed by atoms with van der Waals surface area (Å²) < 4.78 is 5.29. The SMILES string of the molecule is N#CC1(NC(=O)CNc2ccccc2C(=O)N2CCOCC2)CCCC1. The number of nitrogens with zero attached hydrogens (tertiary/aromatic N) is 2. The van der Waals surface area contributed by atoms with Crippen molar-refractivity contribution in [1.29, 1.82) is 5.26 Å². The van der Waals surface area contributed by atoms with Crippen LogP contribution < -0.4 is 10.6 Å². The first-order valence-corrected chi connectivity index (χ1v) is 9.06. The Bertz CT molecular complexity index is 701. The van der Waals surface area contributed by atoms with Gasteiger partial charge in [-0.2, -0.15) is 5.26 Å². The molecule has 0 bridgehead atoms. The summed E-state index contributed by atoms with van der Waals surface area (Å²) in [6, 6.07) is 9.42. The molecule has 0 atom stereocenters. The molecule has 138 valence electrons. The van der Waals surface area contributed by atoms with E-state index in [0.29, 0.717) is 50.4 Å². The predicted octanol–water partition coefficient (Wildman–Crippen LogP) is 1.52. The van der Waals surface area contributed by atoms with Crippen molar-refractivity contribution < 1.29 is 14.3 Å². The van der Waals surface area contributed by atoms with Gasteiger partial charge in [-0.1, -0.05) is 12.1 Å². The lowest BCUT2D eigenvalue weighted by atomic mass is 10.00. The summed E-state index contributed by atoms with van der Waals surface area (Å²) in [6.45, 7) is 2.24. The first-order chi connectivity index (χ1) is 12.6. The molecule has 2 amide bonds. The van der Waals surface area contributed by atoms with Crippen LogP contribution in [0.1, 0.15) is 36.0 Å². The van der Waals surface area contributed by atoms with E-state index < -0.39 is 5.54 Å². The van der Waals surface area contributed by atoms with Gasteiger partial charge >= 0.3 is 0 Å². The molecule has 1 aromatic carbocycles. The second kappa shape index (κ2) is 8.19. The second-order valence-corrected chi connectivity index (χ2v) is 6.75. The van der Waals surface area contributed by atoms with Gasteiger partial charge in [-0.25, -0.2) is 0 Å². The van der Waals surface area contributed by atoms with Crippen molar-refractivity contribution >= 4 is 17.5 Å². The average Bonchev–Trinajstić information content (AvgIpc) is 3.15. The molecule has 7 nitrogen and oxygen atoms in total. The third-order valence-electron chi connectivity index (χ3n) is 4.94. The van der Waals surface area contributed by atoms with Crippen LogP contribution in [0.2, 0.25) is 0 Å². The van der Waals surface area contributed by atoms with Crippen LogP contribution in [0.4, 0.5) is 5.69 Å². The summed E-state index contributed by atoms with van der Waals surface area (Å²) in [5.41, 5.74) is 0.427. The fourth-order valence-electron chi connectivity index (χ4n) is 3.49. The Morgan fingerprint density at radius 1 is 1.19 bits per heavy atom. The Morgan fingerprint density at radius 2 is 1.88 bits per heavy atom. The van der Waals surface area contributed by atoms with Crippen LogP contribution in [0.25, 0.3) is 0 Å². The highest BCUT2D eigenvalue weighted by molar-refractivity contribution is 6.00. The number of benzene rings is 1. The minimum atomic E-state index is -0.734. The number of hydrogen-bond acceptors (Lipinski definition) is 5. The summed E-state index contributed by atoms with van der Waals surface area (Å²) in [7, 11) is 0. The molecule has 2 aliphatic rings. The van der Waals surface area contributed by atoms with Gasteiger partial charge in [0.2, 0.25) is 5.91 Å². The summed E-state index contributed by atoms with van der Waals surface area (Å²) in [4.78, 5) is 26.8. The number of morpholine rings is 1. The van der Waals surface area contributed by atoms with Crippen molar-refractivity contribution in [2.24, 2.45) is 0 Å². The van der Waals surface area contributed by atoms with Crippen LogP contribution in [-0.2, 0) is 9.53 Å². The standard InChI is InChI=1S/C19H24N4O3/c20-14-19(7-3-4-8-19)22-17(24)13-21-16-6-2-1-5-15(16)18(25)23-9-11-26-12-10-23/h1-2,5-6,21H,3-4,7-13H2,(H,22,24). The number of nitrogens with one attached hydrogen (secondary N) is 2. The Kier molecular flexibility index (Phi) is 5.74. The molecule has 1 saturated heterocycles. The number of anilines is 1. The van der Waals surface area contributed by atoms with Crippen molar-refractivity contribution in [2.75, 3.05) is 38.2 Å². The summed E-state index contributed by atoms with van der Waals surface area (Å²) in [5.74, 6) is -0.303. The topological polar surface area (TPSA) is 94.5 Å². The Morgan fingerprint density at radius 3 is 2.58 bits per heavy atom. The van der Waals surface area contributed by atoms with Crippen LogP contribution in [-0.4, -0.2) is 55.1 Å². The summed E-state index contributed by atoms with van der Waals surface area (Å²) in [6.07, 6.45) is 3.30. The van der Waals surface area contributed by atoms with Gasteiger partial charge in [-0.15, -0.1) is 0 Å². The van der Waals surface area contributed by atoms with Crippen molar-refractivity contribution in [2.45, 2.75) is 31.2 Å². The van der Waals surface area contributed by atoms with Gasteiger partial charge in [0, 0.05) is 18.8 Å². The number of rotatable bonds is 5. The molecule has 1 saturated carbocycles. The molecule has 0 radical (unpaired) electrons. The van der Waals surface area contributed by atoms with E-state index >= 15 is 0 Å². The molecule has 1 aliphatic heterocycles. The molecule has 7 heteroatoms. The second-order valence-electron chi connectivity index (χ2n) is 6.75. The minimum absolute atomic E-state index is 0.0246. The number of ether oxygens (including phenoxy) is 1. The van der Waals surface area contributed by atoms with Crippen LogP contribution in [0.15, 0.2) is 24.3 Å². The van der Waals surface area contributed by atoms with E-state index in [9.17, 15) is 14.9 Å². The molecule has 1 heterocycles. The van der Waals surface area contributed by atoms with Crippen molar-refractivity contribution in [3.8, 4) is 6.07 Å². The molecule has 0 spiro atoms. The largest absolute Gasteiger partial charge is 0.378 e. The Labute approximate surface area is 153 Å². The molecule has 26 heavy (non-hydrogen) atoms. The van der Waals surface area contributed by atoms with E-state index in [1.807, 2.05) is 12.1 Å². The third-order valence-corrected chi connectivity index (χ3v) is 4.94. The highest BCUT2D eigenvalue weighted by Crippen LogP contribution is 2.28. The van der Waals surface area contributed by atoms with Gasteiger partial charge in [0.1, 0.15) is 5.54 Å². The quantitative estimate of drug-likeness (QED) is 0.834. The number of para-hydroxylation sites is 1. The highest BCUT2D eigenvalue weighted by atomic mass is 16.5. The Balaban J connectivity index is 1.62. The fourth-order valence-corrected chi connectivity index (χ4v) is 3.49. The molecule has 3 rings (SSSR count). The normalized spacial score (nSPS) is 18.8. The zero-order chi connectivity index (χ0) is 18.4. The molecule has 2 fully saturated rings. The van der Waals surface area contributed by atoms with Gasteiger partial charge in [0.15, 0.2) is 0 Å². The van der Waals surface area contributed by atoms with Gasteiger partial charge in [0.25, 0.3) is 5.91 Å². The molecule has 2 N–H and O–H groups in total. The van der Waals surface area contributed by atoms with E-state index in [1.54, 1.807) is 17.0 Å². The van der Waals surface area contributed by atoms with Crippen molar-refractivity contribution in [1.82, 2.24) is 10.2 Å². The first-order valence-electron chi connectivity index (χ1n) is 9.06. The van der Waals surface area contributed by atoms with Crippen molar-refractivity contribution in [3.05, 3.63) is 29.8 Å². The van der Waals surface area contributed by atoms with E-state index in [0.717, 1.165) is 12.8 Å². The monoisotopic (exact) mass is 356 g/mol.